The normalized spacial score (nSPS) is 12.9. The van der Waals surface area contributed by atoms with Crippen molar-refractivity contribution < 1.29 is 9.59 Å². The molecule has 4 nitrogen and oxygen atoms in total. The number of rotatable bonds is 8. The maximum Gasteiger partial charge on any atom is 0.242 e. The SMILES string of the molecule is CC[C@@H](C)NC(=O)[C@H](C)N(Cc1ccccc1)C(=O)Cc1ccccc1C. The summed E-state index contributed by atoms with van der Waals surface area (Å²) in [6.45, 7) is 8.22. The highest BCUT2D eigenvalue weighted by molar-refractivity contribution is 5.88. The second kappa shape index (κ2) is 9.91. The van der Waals surface area contributed by atoms with Gasteiger partial charge in [0.1, 0.15) is 6.04 Å². The number of aryl methyl sites for hydroxylation is 1. The Bertz CT molecular complexity index is 758. The van der Waals surface area contributed by atoms with E-state index in [1.54, 1.807) is 11.8 Å². The summed E-state index contributed by atoms with van der Waals surface area (Å²) >= 11 is 0. The topological polar surface area (TPSA) is 49.4 Å². The fourth-order valence-corrected chi connectivity index (χ4v) is 2.90. The maximum atomic E-state index is 13.1. The van der Waals surface area contributed by atoms with Gasteiger partial charge in [0.05, 0.1) is 6.42 Å². The first kappa shape index (κ1) is 20.7. The molecule has 144 valence electrons. The summed E-state index contributed by atoms with van der Waals surface area (Å²) in [6.07, 6.45) is 1.15. The zero-order valence-electron chi connectivity index (χ0n) is 16.7. The lowest BCUT2D eigenvalue weighted by molar-refractivity contribution is -0.140. The Kier molecular flexibility index (Phi) is 7.59. The van der Waals surface area contributed by atoms with Crippen molar-refractivity contribution in [1.82, 2.24) is 10.2 Å². The predicted molar refractivity (Wildman–Crippen MR) is 109 cm³/mol. The second-order valence-electron chi connectivity index (χ2n) is 7.10. The molecule has 0 saturated heterocycles. The van der Waals surface area contributed by atoms with Crippen molar-refractivity contribution in [2.75, 3.05) is 0 Å². The predicted octanol–water partition coefficient (Wildman–Crippen LogP) is 3.87. The second-order valence-corrected chi connectivity index (χ2v) is 7.10. The van der Waals surface area contributed by atoms with E-state index in [1.165, 1.54) is 0 Å². The van der Waals surface area contributed by atoms with Gasteiger partial charge in [-0.15, -0.1) is 0 Å². The smallest absolute Gasteiger partial charge is 0.242 e. The van der Waals surface area contributed by atoms with E-state index < -0.39 is 6.04 Å². The molecule has 2 amide bonds. The molecule has 4 heteroatoms. The van der Waals surface area contributed by atoms with Gasteiger partial charge in [0.2, 0.25) is 11.8 Å². The van der Waals surface area contributed by atoms with Crippen LogP contribution in [0.15, 0.2) is 54.6 Å². The number of nitrogens with zero attached hydrogens (tertiary/aromatic N) is 1. The van der Waals surface area contributed by atoms with Gasteiger partial charge < -0.3 is 10.2 Å². The monoisotopic (exact) mass is 366 g/mol. The highest BCUT2D eigenvalue weighted by atomic mass is 16.2. The zero-order chi connectivity index (χ0) is 19.8. The summed E-state index contributed by atoms with van der Waals surface area (Å²) in [5, 5.41) is 2.99. The Morgan fingerprint density at radius 1 is 1.00 bits per heavy atom. The molecule has 2 aromatic carbocycles. The average Bonchev–Trinajstić information content (AvgIpc) is 2.67. The Labute approximate surface area is 162 Å². The van der Waals surface area contributed by atoms with Crippen LogP contribution in [-0.2, 0) is 22.6 Å². The van der Waals surface area contributed by atoms with Crippen LogP contribution in [0.4, 0.5) is 0 Å². The van der Waals surface area contributed by atoms with Gasteiger partial charge in [-0.2, -0.15) is 0 Å². The fourth-order valence-electron chi connectivity index (χ4n) is 2.90. The number of carbonyl (C=O) groups excluding carboxylic acids is 2. The minimum absolute atomic E-state index is 0.0417. The van der Waals surface area contributed by atoms with E-state index in [4.69, 9.17) is 0 Å². The lowest BCUT2D eigenvalue weighted by Crippen LogP contribution is -2.49. The Balaban J connectivity index is 2.21. The lowest BCUT2D eigenvalue weighted by atomic mass is 10.0. The van der Waals surface area contributed by atoms with Gasteiger partial charge in [0, 0.05) is 12.6 Å². The summed E-state index contributed by atoms with van der Waals surface area (Å²) in [5.41, 5.74) is 3.09. The Hall–Kier alpha value is -2.62. The van der Waals surface area contributed by atoms with Gasteiger partial charge in [-0.3, -0.25) is 9.59 Å². The first-order chi connectivity index (χ1) is 12.9. The van der Waals surface area contributed by atoms with E-state index in [0.29, 0.717) is 13.0 Å². The van der Waals surface area contributed by atoms with E-state index in [-0.39, 0.29) is 17.9 Å². The third-order valence-electron chi connectivity index (χ3n) is 4.97. The molecule has 0 aliphatic heterocycles. The third-order valence-corrected chi connectivity index (χ3v) is 4.97. The molecule has 2 rings (SSSR count). The summed E-state index contributed by atoms with van der Waals surface area (Å²) in [6, 6.07) is 17.2. The molecule has 2 atom stereocenters. The number of hydrogen-bond acceptors (Lipinski definition) is 2. The van der Waals surface area contributed by atoms with E-state index in [2.05, 4.69) is 5.32 Å². The van der Waals surface area contributed by atoms with Crippen LogP contribution < -0.4 is 5.32 Å². The first-order valence-corrected chi connectivity index (χ1v) is 9.60. The van der Waals surface area contributed by atoms with E-state index in [9.17, 15) is 9.59 Å². The molecule has 27 heavy (non-hydrogen) atoms. The average molecular weight is 367 g/mol. The van der Waals surface area contributed by atoms with Crippen molar-refractivity contribution in [2.45, 2.75) is 59.2 Å². The van der Waals surface area contributed by atoms with Crippen molar-refractivity contribution >= 4 is 11.8 Å². The van der Waals surface area contributed by atoms with Crippen LogP contribution in [0.5, 0.6) is 0 Å². The molecule has 0 heterocycles. The minimum atomic E-state index is -0.532. The summed E-state index contributed by atoms with van der Waals surface area (Å²) in [7, 11) is 0. The molecule has 0 saturated carbocycles. The van der Waals surface area contributed by atoms with E-state index in [0.717, 1.165) is 23.1 Å². The number of benzene rings is 2. The Morgan fingerprint density at radius 3 is 2.26 bits per heavy atom. The van der Waals surface area contributed by atoms with E-state index >= 15 is 0 Å². The molecule has 0 radical (unpaired) electrons. The van der Waals surface area contributed by atoms with Gasteiger partial charge in [-0.25, -0.2) is 0 Å². The van der Waals surface area contributed by atoms with Crippen LogP contribution in [0.25, 0.3) is 0 Å². The molecule has 0 spiro atoms. The van der Waals surface area contributed by atoms with Crippen molar-refractivity contribution in [3.05, 3.63) is 71.3 Å². The lowest BCUT2D eigenvalue weighted by Gasteiger charge is -2.30. The molecule has 1 N–H and O–H groups in total. The van der Waals surface area contributed by atoms with E-state index in [1.807, 2.05) is 75.4 Å². The summed E-state index contributed by atoms with van der Waals surface area (Å²) < 4.78 is 0. The van der Waals surface area contributed by atoms with Crippen LogP contribution in [0.3, 0.4) is 0 Å². The number of amides is 2. The van der Waals surface area contributed by atoms with Gasteiger partial charge >= 0.3 is 0 Å². The standard InChI is InChI=1S/C23H30N2O2/c1-5-18(3)24-23(27)19(4)25(16-20-12-7-6-8-13-20)22(26)15-21-14-10-9-11-17(21)2/h6-14,18-19H,5,15-16H2,1-4H3,(H,24,27)/t18-,19+/m1/s1. The van der Waals surface area contributed by atoms with Crippen LogP contribution in [-0.4, -0.2) is 28.8 Å². The third kappa shape index (κ3) is 5.95. The number of nitrogens with one attached hydrogen (secondary N) is 1. The molecule has 0 aliphatic carbocycles. The van der Waals surface area contributed by atoms with Crippen LogP contribution in [0, 0.1) is 6.92 Å². The number of hydrogen-bond donors (Lipinski definition) is 1. The highest BCUT2D eigenvalue weighted by Gasteiger charge is 2.27. The molecule has 0 aliphatic rings. The molecular weight excluding hydrogens is 336 g/mol. The van der Waals surface area contributed by atoms with Gasteiger partial charge in [0.25, 0.3) is 0 Å². The van der Waals surface area contributed by atoms with Gasteiger partial charge in [-0.05, 0) is 43.9 Å². The van der Waals surface area contributed by atoms with Crippen LogP contribution in [0.2, 0.25) is 0 Å². The first-order valence-electron chi connectivity index (χ1n) is 9.60. The van der Waals surface area contributed by atoms with Crippen molar-refractivity contribution in [2.24, 2.45) is 0 Å². The molecular formula is C23H30N2O2. The fraction of sp³-hybridized carbons (Fsp3) is 0.391. The molecule has 0 fully saturated rings. The van der Waals surface area contributed by atoms with Crippen LogP contribution in [0.1, 0.15) is 43.9 Å². The summed E-state index contributed by atoms with van der Waals surface area (Å²) in [5.74, 6) is -0.154. The number of carbonyl (C=O) groups is 2. The molecule has 0 aromatic heterocycles. The largest absolute Gasteiger partial charge is 0.352 e. The van der Waals surface area contributed by atoms with Crippen molar-refractivity contribution in [3.8, 4) is 0 Å². The van der Waals surface area contributed by atoms with Crippen molar-refractivity contribution in [1.29, 1.82) is 0 Å². The van der Waals surface area contributed by atoms with Crippen LogP contribution >= 0.6 is 0 Å². The zero-order valence-corrected chi connectivity index (χ0v) is 16.7. The maximum absolute atomic E-state index is 13.1. The van der Waals surface area contributed by atoms with Crippen molar-refractivity contribution in [3.63, 3.8) is 0 Å². The highest BCUT2D eigenvalue weighted by Crippen LogP contribution is 2.14. The summed E-state index contributed by atoms with van der Waals surface area (Å²) in [4.78, 5) is 27.5. The molecule has 0 bridgehead atoms. The molecule has 2 aromatic rings. The van der Waals surface area contributed by atoms with Gasteiger partial charge in [-0.1, -0.05) is 61.5 Å². The Morgan fingerprint density at radius 2 is 1.63 bits per heavy atom. The minimum Gasteiger partial charge on any atom is -0.352 e. The molecule has 0 unspecified atom stereocenters. The quantitative estimate of drug-likeness (QED) is 0.771. The van der Waals surface area contributed by atoms with Gasteiger partial charge in [0.15, 0.2) is 0 Å².